The van der Waals surface area contributed by atoms with Crippen molar-refractivity contribution in [1.29, 1.82) is 0 Å². The Morgan fingerprint density at radius 2 is 1.80 bits per heavy atom. The van der Waals surface area contributed by atoms with E-state index in [-0.39, 0.29) is 11.8 Å². The normalized spacial score (nSPS) is 12.5. The fourth-order valence-corrected chi connectivity index (χ4v) is 4.07. The lowest BCUT2D eigenvalue weighted by Gasteiger charge is -2.29. The van der Waals surface area contributed by atoms with Gasteiger partial charge in [0, 0.05) is 19.7 Å². The minimum absolute atomic E-state index is 0.0822. The lowest BCUT2D eigenvalue weighted by Crippen LogP contribution is -2.43. The van der Waals surface area contributed by atoms with E-state index >= 15 is 0 Å². The first kappa shape index (κ1) is 19.8. The zero-order valence-electron chi connectivity index (χ0n) is 13.5. The SMILES string of the molecule is CCCNCCCS(=O)(=O)N(CCOC)C(CC)CC. The van der Waals surface area contributed by atoms with E-state index in [0.717, 1.165) is 32.4 Å². The van der Waals surface area contributed by atoms with Crippen LogP contribution in [0.5, 0.6) is 0 Å². The van der Waals surface area contributed by atoms with Crippen LogP contribution in [0.4, 0.5) is 0 Å². The Morgan fingerprint density at radius 3 is 2.30 bits per heavy atom. The predicted molar refractivity (Wildman–Crippen MR) is 84.5 cm³/mol. The molecule has 5 nitrogen and oxygen atoms in total. The van der Waals surface area contributed by atoms with E-state index in [9.17, 15) is 8.42 Å². The Labute approximate surface area is 125 Å². The molecule has 0 aliphatic heterocycles. The molecule has 0 aromatic heterocycles. The van der Waals surface area contributed by atoms with Crippen molar-refractivity contribution in [3.8, 4) is 0 Å². The summed E-state index contributed by atoms with van der Waals surface area (Å²) in [5.41, 5.74) is 0. The lowest BCUT2D eigenvalue weighted by atomic mass is 10.2. The van der Waals surface area contributed by atoms with E-state index in [4.69, 9.17) is 4.74 Å². The first-order valence-corrected chi connectivity index (χ1v) is 9.33. The number of methoxy groups -OCH3 is 1. The molecule has 0 saturated carbocycles. The zero-order chi connectivity index (χ0) is 15.4. The molecule has 0 aromatic rings. The fourth-order valence-electron chi connectivity index (χ4n) is 2.22. The Balaban J connectivity index is 4.51. The van der Waals surface area contributed by atoms with Crippen LogP contribution >= 0.6 is 0 Å². The van der Waals surface area contributed by atoms with Crippen LogP contribution in [0.15, 0.2) is 0 Å². The molecule has 0 rings (SSSR count). The van der Waals surface area contributed by atoms with Crippen LogP contribution in [-0.4, -0.2) is 57.9 Å². The maximum Gasteiger partial charge on any atom is 0.214 e. The number of sulfonamides is 1. The first-order valence-electron chi connectivity index (χ1n) is 7.72. The van der Waals surface area contributed by atoms with Gasteiger partial charge in [0.15, 0.2) is 0 Å². The van der Waals surface area contributed by atoms with E-state index < -0.39 is 10.0 Å². The second kappa shape index (κ2) is 11.5. The van der Waals surface area contributed by atoms with Crippen molar-refractivity contribution in [3.63, 3.8) is 0 Å². The van der Waals surface area contributed by atoms with E-state index in [1.807, 2.05) is 13.8 Å². The van der Waals surface area contributed by atoms with Gasteiger partial charge in [0.1, 0.15) is 0 Å². The van der Waals surface area contributed by atoms with Crippen molar-refractivity contribution < 1.29 is 13.2 Å². The van der Waals surface area contributed by atoms with Crippen LogP contribution in [0.2, 0.25) is 0 Å². The van der Waals surface area contributed by atoms with E-state index in [0.29, 0.717) is 19.6 Å². The van der Waals surface area contributed by atoms with Gasteiger partial charge in [-0.1, -0.05) is 20.8 Å². The highest BCUT2D eigenvalue weighted by Crippen LogP contribution is 2.14. The summed E-state index contributed by atoms with van der Waals surface area (Å²) in [6, 6.07) is 0.0822. The largest absolute Gasteiger partial charge is 0.383 e. The van der Waals surface area contributed by atoms with Crippen LogP contribution in [0.3, 0.4) is 0 Å². The smallest absolute Gasteiger partial charge is 0.214 e. The number of hydrogen-bond donors (Lipinski definition) is 1. The molecule has 1 N–H and O–H groups in total. The molecule has 0 amide bonds. The molecule has 0 atom stereocenters. The Morgan fingerprint density at radius 1 is 1.15 bits per heavy atom. The average molecular weight is 308 g/mol. The Hall–Kier alpha value is -0.170. The van der Waals surface area contributed by atoms with Gasteiger partial charge in [-0.3, -0.25) is 0 Å². The maximum atomic E-state index is 12.5. The van der Waals surface area contributed by atoms with Gasteiger partial charge in [-0.05, 0) is 38.8 Å². The molecule has 0 fully saturated rings. The number of rotatable bonds is 13. The first-order chi connectivity index (χ1) is 9.53. The van der Waals surface area contributed by atoms with Crippen molar-refractivity contribution >= 4 is 10.0 Å². The molecule has 122 valence electrons. The van der Waals surface area contributed by atoms with E-state index in [1.165, 1.54) is 0 Å². The van der Waals surface area contributed by atoms with Crippen molar-refractivity contribution in [2.75, 3.05) is 39.1 Å². The fraction of sp³-hybridized carbons (Fsp3) is 1.00. The highest BCUT2D eigenvalue weighted by atomic mass is 32.2. The Bertz CT molecular complexity index is 316. The topological polar surface area (TPSA) is 58.6 Å². The summed E-state index contributed by atoms with van der Waals surface area (Å²) in [7, 11) is -1.59. The van der Waals surface area contributed by atoms with Gasteiger partial charge in [-0.25, -0.2) is 8.42 Å². The third-order valence-corrected chi connectivity index (χ3v) is 5.41. The molecule has 0 spiro atoms. The van der Waals surface area contributed by atoms with Crippen molar-refractivity contribution in [2.45, 2.75) is 52.5 Å². The highest BCUT2D eigenvalue weighted by Gasteiger charge is 2.27. The molecule has 0 heterocycles. The molecular formula is C14H32N2O3S. The number of ether oxygens (including phenoxy) is 1. The van der Waals surface area contributed by atoms with Crippen LogP contribution in [0.1, 0.15) is 46.5 Å². The predicted octanol–water partition coefficient (Wildman–Crippen LogP) is 1.84. The second-order valence-electron chi connectivity index (χ2n) is 4.99. The quantitative estimate of drug-likeness (QED) is 0.528. The van der Waals surface area contributed by atoms with Gasteiger partial charge < -0.3 is 10.1 Å². The molecule has 6 heteroatoms. The summed E-state index contributed by atoms with van der Waals surface area (Å²) in [5.74, 6) is 0.212. The third-order valence-electron chi connectivity index (χ3n) is 3.41. The number of nitrogens with zero attached hydrogens (tertiary/aromatic N) is 1. The minimum Gasteiger partial charge on any atom is -0.383 e. The van der Waals surface area contributed by atoms with Crippen LogP contribution in [-0.2, 0) is 14.8 Å². The molecule has 0 saturated heterocycles. The van der Waals surface area contributed by atoms with Crippen LogP contribution < -0.4 is 5.32 Å². The van der Waals surface area contributed by atoms with Crippen LogP contribution in [0.25, 0.3) is 0 Å². The average Bonchev–Trinajstić information content (AvgIpc) is 2.43. The maximum absolute atomic E-state index is 12.5. The van der Waals surface area contributed by atoms with Gasteiger partial charge in [0.2, 0.25) is 10.0 Å². The minimum atomic E-state index is -3.19. The molecule has 0 radical (unpaired) electrons. The summed E-state index contributed by atoms with van der Waals surface area (Å²) in [4.78, 5) is 0. The lowest BCUT2D eigenvalue weighted by molar-refractivity contribution is 0.163. The molecule has 0 aromatic carbocycles. The van der Waals surface area contributed by atoms with Gasteiger partial charge in [-0.2, -0.15) is 4.31 Å². The summed E-state index contributed by atoms with van der Waals surface area (Å²) in [6.45, 7) is 8.77. The van der Waals surface area contributed by atoms with Crippen LogP contribution in [0, 0.1) is 0 Å². The second-order valence-corrected chi connectivity index (χ2v) is 7.03. The molecule has 0 unspecified atom stereocenters. The molecule has 0 aliphatic rings. The van der Waals surface area contributed by atoms with Gasteiger partial charge >= 0.3 is 0 Å². The van der Waals surface area contributed by atoms with Gasteiger partial charge in [0.25, 0.3) is 0 Å². The molecular weight excluding hydrogens is 276 g/mol. The van der Waals surface area contributed by atoms with Crippen molar-refractivity contribution in [3.05, 3.63) is 0 Å². The van der Waals surface area contributed by atoms with Gasteiger partial charge in [0.05, 0.1) is 12.4 Å². The monoisotopic (exact) mass is 308 g/mol. The number of hydrogen-bond acceptors (Lipinski definition) is 4. The van der Waals surface area contributed by atoms with Crippen molar-refractivity contribution in [2.24, 2.45) is 0 Å². The molecule has 0 aliphatic carbocycles. The van der Waals surface area contributed by atoms with Crippen molar-refractivity contribution in [1.82, 2.24) is 9.62 Å². The molecule has 0 bridgehead atoms. The summed E-state index contributed by atoms with van der Waals surface area (Å²) in [5, 5.41) is 3.24. The Kier molecular flexibility index (Phi) is 11.4. The van der Waals surface area contributed by atoms with E-state index in [1.54, 1.807) is 11.4 Å². The third kappa shape index (κ3) is 7.57. The highest BCUT2D eigenvalue weighted by molar-refractivity contribution is 7.89. The summed E-state index contributed by atoms with van der Waals surface area (Å²) < 4.78 is 31.6. The summed E-state index contributed by atoms with van der Waals surface area (Å²) >= 11 is 0. The van der Waals surface area contributed by atoms with E-state index in [2.05, 4.69) is 12.2 Å². The summed E-state index contributed by atoms with van der Waals surface area (Å²) in [6.07, 6.45) is 3.41. The standard InChI is InChI=1S/C14H32N2O3S/c1-5-9-15-10-8-13-20(17,18)16(11-12-19-4)14(6-2)7-3/h14-15H,5-13H2,1-4H3. The number of nitrogens with one attached hydrogen (secondary N) is 1. The van der Waals surface area contributed by atoms with Gasteiger partial charge in [-0.15, -0.1) is 0 Å². The molecule has 20 heavy (non-hydrogen) atoms. The zero-order valence-corrected chi connectivity index (χ0v) is 14.3.